The Bertz CT molecular complexity index is 796. The van der Waals surface area contributed by atoms with Gasteiger partial charge in [0.25, 0.3) is 0 Å². The minimum absolute atomic E-state index is 0.501. The number of rotatable bonds is 2. The highest BCUT2D eigenvalue weighted by molar-refractivity contribution is 6.05. The highest BCUT2D eigenvalue weighted by atomic mass is 14.9. The van der Waals surface area contributed by atoms with Gasteiger partial charge in [0, 0.05) is 5.56 Å². The summed E-state index contributed by atoms with van der Waals surface area (Å²) in [4.78, 5) is 4.65. The first-order chi connectivity index (χ1) is 10.8. The maximum absolute atomic E-state index is 6.48. The van der Waals surface area contributed by atoms with Crippen LogP contribution >= 0.6 is 0 Å². The van der Waals surface area contributed by atoms with Crippen molar-refractivity contribution in [3.05, 3.63) is 102 Å². The van der Waals surface area contributed by atoms with Gasteiger partial charge in [0.1, 0.15) is 11.3 Å². The van der Waals surface area contributed by atoms with Crippen LogP contribution in [0.3, 0.4) is 0 Å². The summed E-state index contributed by atoms with van der Waals surface area (Å²) in [6.07, 6.45) is 0. The predicted molar refractivity (Wildman–Crippen MR) is 90.5 cm³/mol. The second-order valence-electron chi connectivity index (χ2n) is 5.50. The van der Waals surface area contributed by atoms with Crippen LogP contribution in [0, 0.1) is 0 Å². The van der Waals surface area contributed by atoms with Crippen LogP contribution in [-0.2, 0) is 5.41 Å². The van der Waals surface area contributed by atoms with Gasteiger partial charge in [-0.25, -0.2) is 4.99 Å². The van der Waals surface area contributed by atoms with Crippen molar-refractivity contribution in [1.82, 2.24) is 0 Å². The molecule has 0 spiro atoms. The quantitative estimate of drug-likeness (QED) is 0.758. The number of nitrogens with zero attached hydrogens (tertiary/aromatic N) is 1. The van der Waals surface area contributed by atoms with E-state index >= 15 is 0 Å². The minimum Gasteiger partial charge on any atom is -0.386 e. The molecular formula is C20H16N2. The Hall–Kier alpha value is -2.87. The summed E-state index contributed by atoms with van der Waals surface area (Å²) in [6, 6.07) is 28.9. The molecule has 1 heterocycles. The molecule has 3 aromatic carbocycles. The zero-order valence-corrected chi connectivity index (χ0v) is 12.1. The Balaban J connectivity index is 2.10. The van der Waals surface area contributed by atoms with Crippen LogP contribution in [0.15, 0.2) is 89.9 Å². The molecule has 2 heteroatoms. The third-order valence-corrected chi connectivity index (χ3v) is 4.35. The molecule has 0 radical (unpaired) electrons. The van der Waals surface area contributed by atoms with Gasteiger partial charge in [-0.1, -0.05) is 78.9 Å². The molecule has 0 amide bonds. The van der Waals surface area contributed by atoms with E-state index in [-0.39, 0.29) is 0 Å². The van der Waals surface area contributed by atoms with Gasteiger partial charge >= 0.3 is 0 Å². The highest BCUT2D eigenvalue weighted by Crippen LogP contribution is 2.47. The Labute approximate surface area is 130 Å². The first-order valence-electron chi connectivity index (χ1n) is 7.38. The van der Waals surface area contributed by atoms with Crippen LogP contribution in [0.5, 0.6) is 0 Å². The zero-order valence-electron chi connectivity index (χ0n) is 12.1. The fraction of sp³-hybridized carbons (Fsp3) is 0.0500. The van der Waals surface area contributed by atoms with Crippen molar-refractivity contribution in [2.45, 2.75) is 5.41 Å². The standard InChI is InChI=1S/C20H16N2/c21-19-20(15-9-3-1-4-10-15,16-11-5-2-6-12-16)17-13-7-8-14-18(17)22-19/h1-14H,(H2,21,22). The monoisotopic (exact) mass is 284 g/mol. The van der Waals surface area contributed by atoms with E-state index in [4.69, 9.17) is 5.73 Å². The molecule has 0 fully saturated rings. The average molecular weight is 284 g/mol. The van der Waals surface area contributed by atoms with Crippen molar-refractivity contribution in [2.24, 2.45) is 10.7 Å². The molecule has 3 aromatic rings. The normalized spacial score (nSPS) is 15.2. The molecule has 0 aromatic heterocycles. The van der Waals surface area contributed by atoms with Gasteiger partial charge in [0.05, 0.1) is 5.69 Å². The number of nitrogens with two attached hydrogens (primary N) is 1. The lowest BCUT2D eigenvalue weighted by Crippen LogP contribution is -2.40. The van der Waals surface area contributed by atoms with Gasteiger partial charge in [-0.3, -0.25) is 0 Å². The molecule has 106 valence electrons. The lowest BCUT2D eigenvalue weighted by molar-refractivity contribution is 0.842. The number of benzene rings is 3. The van der Waals surface area contributed by atoms with Gasteiger partial charge < -0.3 is 5.73 Å². The largest absolute Gasteiger partial charge is 0.386 e. The average Bonchev–Trinajstić information content (AvgIpc) is 2.89. The maximum Gasteiger partial charge on any atom is 0.119 e. The van der Waals surface area contributed by atoms with E-state index in [0.29, 0.717) is 5.84 Å². The molecule has 0 atom stereocenters. The maximum atomic E-state index is 6.48. The second-order valence-corrected chi connectivity index (χ2v) is 5.50. The van der Waals surface area contributed by atoms with Crippen LogP contribution in [-0.4, -0.2) is 5.84 Å². The van der Waals surface area contributed by atoms with E-state index in [0.717, 1.165) is 22.4 Å². The molecule has 4 rings (SSSR count). The Morgan fingerprint density at radius 1 is 0.636 bits per heavy atom. The molecule has 2 N–H and O–H groups in total. The van der Waals surface area contributed by atoms with Crippen molar-refractivity contribution in [3.63, 3.8) is 0 Å². The molecule has 1 aliphatic rings. The summed E-state index contributed by atoms with van der Waals surface area (Å²) >= 11 is 0. The Morgan fingerprint density at radius 2 is 1.14 bits per heavy atom. The van der Waals surface area contributed by atoms with Crippen molar-refractivity contribution < 1.29 is 0 Å². The molecule has 0 saturated heterocycles. The first-order valence-corrected chi connectivity index (χ1v) is 7.38. The number of hydrogen-bond donors (Lipinski definition) is 1. The summed E-state index contributed by atoms with van der Waals surface area (Å²) in [7, 11) is 0. The smallest absolute Gasteiger partial charge is 0.119 e. The number of aliphatic imine (C=N–C) groups is 1. The summed E-state index contributed by atoms with van der Waals surface area (Å²) in [5.41, 5.74) is 10.4. The van der Waals surface area contributed by atoms with Crippen molar-refractivity contribution in [1.29, 1.82) is 0 Å². The van der Waals surface area contributed by atoms with Gasteiger partial charge in [-0.05, 0) is 17.2 Å². The fourth-order valence-electron chi connectivity index (χ4n) is 3.39. The van der Waals surface area contributed by atoms with E-state index in [1.807, 2.05) is 54.6 Å². The van der Waals surface area contributed by atoms with E-state index < -0.39 is 5.41 Å². The third kappa shape index (κ3) is 1.64. The van der Waals surface area contributed by atoms with Crippen LogP contribution in [0.4, 0.5) is 5.69 Å². The van der Waals surface area contributed by atoms with Crippen LogP contribution in [0.2, 0.25) is 0 Å². The summed E-state index contributed by atoms with van der Waals surface area (Å²) in [5, 5.41) is 0. The van der Waals surface area contributed by atoms with Crippen LogP contribution < -0.4 is 5.73 Å². The lowest BCUT2D eigenvalue weighted by atomic mass is 9.69. The number of hydrogen-bond acceptors (Lipinski definition) is 2. The van der Waals surface area contributed by atoms with Crippen molar-refractivity contribution >= 4 is 11.5 Å². The SMILES string of the molecule is NC1=Nc2ccccc2C1(c1ccccc1)c1ccccc1. The molecular weight excluding hydrogens is 268 g/mol. The molecule has 1 aliphatic heterocycles. The molecule has 0 bridgehead atoms. The fourth-order valence-corrected chi connectivity index (χ4v) is 3.39. The summed E-state index contributed by atoms with van der Waals surface area (Å²) < 4.78 is 0. The van der Waals surface area contributed by atoms with Crippen LogP contribution in [0.25, 0.3) is 0 Å². The van der Waals surface area contributed by atoms with E-state index in [9.17, 15) is 0 Å². The van der Waals surface area contributed by atoms with E-state index in [1.165, 1.54) is 0 Å². The summed E-state index contributed by atoms with van der Waals surface area (Å²) in [5.74, 6) is 0.631. The molecule has 0 saturated carbocycles. The molecule has 2 nitrogen and oxygen atoms in total. The molecule has 22 heavy (non-hydrogen) atoms. The van der Waals surface area contributed by atoms with Gasteiger partial charge in [-0.15, -0.1) is 0 Å². The van der Waals surface area contributed by atoms with Crippen molar-refractivity contribution in [3.8, 4) is 0 Å². The Morgan fingerprint density at radius 3 is 1.73 bits per heavy atom. The lowest BCUT2D eigenvalue weighted by Gasteiger charge is -2.31. The number of para-hydroxylation sites is 1. The first kappa shape index (κ1) is 12.8. The third-order valence-electron chi connectivity index (χ3n) is 4.35. The van der Waals surface area contributed by atoms with Gasteiger partial charge in [0.2, 0.25) is 0 Å². The van der Waals surface area contributed by atoms with Crippen LogP contribution in [0.1, 0.15) is 16.7 Å². The molecule has 0 aliphatic carbocycles. The predicted octanol–water partition coefficient (Wildman–Crippen LogP) is 4.02. The van der Waals surface area contributed by atoms with E-state index in [2.05, 4.69) is 35.3 Å². The molecule has 0 unspecified atom stereocenters. The van der Waals surface area contributed by atoms with E-state index in [1.54, 1.807) is 0 Å². The minimum atomic E-state index is -0.501. The topological polar surface area (TPSA) is 38.4 Å². The zero-order chi connectivity index (χ0) is 15.0. The van der Waals surface area contributed by atoms with Crippen molar-refractivity contribution in [2.75, 3.05) is 0 Å². The van der Waals surface area contributed by atoms with Gasteiger partial charge in [-0.2, -0.15) is 0 Å². The highest BCUT2D eigenvalue weighted by Gasteiger charge is 2.45. The number of fused-ring (bicyclic) bond motifs is 1. The van der Waals surface area contributed by atoms with Gasteiger partial charge in [0.15, 0.2) is 0 Å². The Kier molecular flexibility index (Phi) is 2.83. The second kappa shape index (κ2) is 4.85. The summed E-state index contributed by atoms with van der Waals surface area (Å²) in [6.45, 7) is 0. The number of amidine groups is 1.